The van der Waals surface area contributed by atoms with Crippen molar-refractivity contribution in [1.29, 1.82) is 0 Å². The van der Waals surface area contributed by atoms with Crippen molar-refractivity contribution in [3.05, 3.63) is 18.5 Å². The molecule has 15 heavy (non-hydrogen) atoms. The van der Waals surface area contributed by atoms with E-state index < -0.39 is 0 Å². The zero-order valence-electron chi connectivity index (χ0n) is 9.23. The Morgan fingerprint density at radius 2 is 2.40 bits per heavy atom. The average Bonchev–Trinajstić information content (AvgIpc) is 2.81. The molecule has 0 spiro atoms. The number of anilines is 2. The van der Waals surface area contributed by atoms with Crippen molar-refractivity contribution in [1.82, 2.24) is 4.98 Å². The Morgan fingerprint density at radius 3 is 3.07 bits per heavy atom. The van der Waals surface area contributed by atoms with Gasteiger partial charge in [0.15, 0.2) is 0 Å². The molecule has 1 fully saturated rings. The van der Waals surface area contributed by atoms with Crippen molar-refractivity contribution in [3.63, 3.8) is 0 Å². The van der Waals surface area contributed by atoms with Crippen LogP contribution in [0.2, 0.25) is 0 Å². The van der Waals surface area contributed by atoms with Crippen molar-refractivity contribution in [2.45, 2.75) is 12.5 Å². The Labute approximate surface area is 95.3 Å². The molecule has 0 aliphatic carbocycles. The lowest BCUT2D eigenvalue weighted by Gasteiger charge is -2.25. The number of hydrogen-bond acceptors (Lipinski definition) is 4. The maximum atomic E-state index is 4.24. The van der Waals surface area contributed by atoms with Gasteiger partial charge in [0.1, 0.15) is 0 Å². The van der Waals surface area contributed by atoms with Crippen LogP contribution in [0, 0.1) is 0 Å². The lowest BCUT2D eigenvalue weighted by Crippen LogP contribution is -2.31. The number of aromatic nitrogens is 1. The second kappa shape index (κ2) is 4.75. The normalized spacial score (nSPS) is 20.3. The van der Waals surface area contributed by atoms with Gasteiger partial charge in [-0.3, -0.25) is 4.98 Å². The highest BCUT2D eigenvalue weighted by atomic mass is 32.2. The zero-order chi connectivity index (χ0) is 10.7. The Morgan fingerprint density at radius 1 is 1.53 bits per heavy atom. The quantitative estimate of drug-likeness (QED) is 0.849. The summed E-state index contributed by atoms with van der Waals surface area (Å²) in [5.41, 5.74) is 2.28. The van der Waals surface area contributed by atoms with Crippen LogP contribution in [-0.4, -0.2) is 36.6 Å². The molecule has 0 saturated carbocycles. The van der Waals surface area contributed by atoms with Crippen LogP contribution >= 0.6 is 11.8 Å². The predicted molar refractivity (Wildman–Crippen MR) is 67.9 cm³/mol. The summed E-state index contributed by atoms with van der Waals surface area (Å²) in [6, 6.07) is 2.82. The third kappa shape index (κ3) is 2.37. The topological polar surface area (TPSA) is 28.2 Å². The van der Waals surface area contributed by atoms with E-state index in [1.165, 1.54) is 23.6 Å². The molecule has 1 aliphatic rings. The van der Waals surface area contributed by atoms with Gasteiger partial charge in [-0.2, -0.15) is 11.8 Å². The summed E-state index contributed by atoms with van der Waals surface area (Å²) in [7, 11) is 4.08. The van der Waals surface area contributed by atoms with Gasteiger partial charge in [0, 0.05) is 25.9 Å². The smallest absolute Gasteiger partial charge is 0.0573 e. The number of rotatable bonds is 3. The molecular formula is C11H17N3S. The first-order valence-electron chi connectivity index (χ1n) is 5.24. The fraction of sp³-hybridized carbons (Fsp3) is 0.545. The van der Waals surface area contributed by atoms with E-state index in [1.807, 2.05) is 31.2 Å². The van der Waals surface area contributed by atoms with Crippen LogP contribution in [0.5, 0.6) is 0 Å². The first-order valence-corrected chi connectivity index (χ1v) is 6.40. The van der Waals surface area contributed by atoms with Crippen molar-refractivity contribution in [3.8, 4) is 0 Å². The second-order valence-electron chi connectivity index (χ2n) is 3.81. The van der Waals surface area contributed by atoms with Crippen molar-refractivity contribution < 1.29 is 0 Å². The molecular weight excluding hydrogens is 206 g/mol. The van der Waals surface area contributed by atoms with Crippen LogP contribution < -0.4 is 10.2 Å². The monoisotopic (exact) mass is 223 g/mol. The standard InChI is InChI=1S/C11H17N3S/c1-12-9-5-11(7-13-6-9)14(2)10-3-4-15-8-10/h5-7,10,12H,3-4,8H2,1-2H3. The molecule has 2 heterocycles. The highest BCUT2D eigenvalue weighted by Crippen LogP contribution is 2.26. The molecule has 4 heteroatoms. The molecule has 1 aliphatic heterocycles. The van der Waals surface area contributed by atoms with Gasteiger partial charge in [-0.05, 0) is 18.2 Å². The molecule has 0 aromatic carbocycles. The first-order chi connectivity index (χ1) is 7.31. The van der Waals surface area contributed by atoms with E-state index in [0.29, 0.717) is 6.04 Å². The maximum absolute atomic E-state index is 4.24. The number of nitrogens with zero attached hydrogens (tertiary/aromatic N) is 2. The van der Waals surface area contributed by atoms with E-state index in [1.54, 1.807) is 0 Å². The molecule has 1 aromatic rings. The van der Waals surface area contributed by atoms with E-state index in [-0.39, 0.29) is 0 Å². The Hall–Kier alpha value is -0.900. The van der Waals surface area contributed by atoms with E-state index in [0.717, 1.165) is 5.69 Å². The molecule has 2 rings (SSSR count). The van der Waals surface area contributed by atoms with Crippen LogP contribution in [0.4, 0.5) is 11.4 Å². The molecule has 1 saturated heterocycles. The molecule has 0 radical (unpaired) electrons. The molecule has 0 amide bonds. The van der Waals surface area contributed by atoms with Crippen LogP contribution in [0.3, 0.4) is 0 Å². The van der Waals surface area contributed by atoms with Crippen molar-refractivity contribution in [2.24, 2.45) is 0 Å². The molecule has 3 nitrogen and oxygen atoms in total. The Kier molecular flexibility index (Phi) is 3.36. The Bertz CT molecular complexity index is 323. The van der Waals surface area contributed by atoms with Gasteiger partial charge in [-0.1, -0.05) is 0 Å². The lowest BCUT2D eigenvalue weighted by molar-refractivity contribution is 0.699. The number of hydrogen-bond donors (Lipinski definition) is 1. The number of pyridine rings is 1. The van der Waals surface area contributed by atoms with E-state index in [4.69, 9.17) is 0 Å². The van der Waals surface area contributed by atoms with Crippen LogP contribution in [0.25, 0.3) is 0 Å². The minimum absolute atomic E-state index is 0.670. The summed E-state index contributed by atoms with van der Waals surface area (Å²) in [6.45, 7) is 0. The fourth-order valence-corrected chi connectivity index (χ4v) is 3.06. The maximum Gasteiger partial charge on any atom is 0.0573 e. The third-order valence-corrected chi connectivity index (χ3v) is 4.02. The zero-order valence-corrected chi connectivity index (χ0v) is 10.0. The summed E-state index contributed by atoms with van der Waals surface area (Å²) in [4.78, 5) is 6.58. The van der Waals surface area contributed by atoms with Gasteiger partial charge in [0.2, 0.25) is 0 Å². The number of nitrogens with one attached hydrogen (secondary N) is 1. The van der Waals surface area contributed by atoms with Crippen molar-refractivity contribution in [2.75, 3.05) is 35.8 Å². The van der Waals surface area contributed by atoms with Gasteiger partial charge >= 0.3 is 0 Å². The largest absolute Gasteiger partial charge is 0.387 e. The van der Waals surface area contributed by atoms with Gasteiger partial charge < -0.3 is 10.2 Å². The molecule has 82 valence electrons. The van der Waals surface area contributed by atoms with Gasteiger partial charge in [0.25, 0.3) is 0 Å². The SMILES string of the molecule is CNc1cncc(N(C)C2CCSC2)c1. The summed E-state index contributed by atoms with van der Waals surface area (Å²) in [5.74, 6) is 2.52. The number of thioether (sulfide) groups is 1. The minimum atomic E-state index is 0.670. The van der Waals surface area contributed by atoms with E-state index >= 15 is 0 Å². The average molecular weight is 223 g/mol. The van der Waals surface area contributed by atoms with Crippen LogP contribution in [0.1, 0.15) is 6.42 Å². The van der Waals surface area contributed by atoms with Gasteiger partial charge in [-0.25, -0.2) is 0 Å². The lowest BCUT2D eigenvalue weighted by atomic mass is 10.2. The molecule has 1 atom stereocenters. The van der Waals surface area contributed by atoms with Gasteiger partial charge in [-0.15, -0.1) is 0 Å². The summed E-state index contributed by atoms with van der Waals surface area (Å²) in [6.07, 6.45) is 5.06. The highest BCUT2D eigenvalue weighted by Gasteiger charge is 2.20. The second-order valence-corrected chi connectivity index (χ2v) is 4.96. The molecule has 1 aromatic heterocycles. The molecule has 1 unspecified atom stereocenters. The van der Waals surface area contributed by atoms with Gasteiger partial charge in [0.05, 0.1) is 23.8 Å². The van der Waals surface area contributed by atoms with Crippen LogP contribution in [-0.2, 0) is 0 Å². The third-order valence-electron chi connectivity index (χ3n) is 2.87. The minimum Gasteiger partial charge on any atom is -0.387 e. The summed E-state index contributed by atoms with van der Waals surface area (Å²) >= 11 is 2.04. The Balaban J connectivity index is 2.13. The van der Waals surface area contributed by atoms with Crippen molar-refractivity contribution >= 4 is 23.1 Å². The predicted octanol–water partition coefficient (Wildman–Crippen LogP) is 2.06. The van der Waals surface area contributed by atoms with E-state index in [2.05, 4.69) is 28.3 Å². The summed E-state index contributed by atoms with van der Waals surface area (Å²) < 4.78 is 0. The van der Waals surface area contributed by atoms with E-state index in [9.17, 15) is 0 Å². The summed E-state index contributed by atoms with van der Waals surface area (Å²) in [5, 5.41) is 3.12. The highest BCUT2D eigenvalue weighted by molar-refractivity contribution is 7.99. The molecule has 1 N–H and O–H groups in total. The first kappa shape index (κ1) is 10.6. The van der Waals surface area contributed by atoms with Crippen LogP contribution in [0.15, 0.2) is 18.5 Å². The fourth-order valence-electron chi connectivity index (χ4n) is 1.80. The molecule has 0 bridgehead atoms.